The molecule has 3 aromatic rings. The monoisotopic (exact) mass is 565 g/mol. The summed E-state index contributed by atoms with van der Waals surface area (Å²) in [5, 5.41) is 14.4. The van der Waals surface area contributed by atoms with E-state index in [1.165, 1.54) is 32.4 Å². The Morgan fingerprint density at radius 1 is 1.05 bits per heavy atom. The number of nitrogens with two attached hydrogens (primary N) is 1. The Morgan fingerprint density at radius 3 is 2.35 bits per heavy atom. The molecule has 1 heterocycles. The average Bonchev–Trinajstić information content (AvgIpc) is 3.35. The lowest BCUT2D eigenvalue weighted by Crippen LogP contribution is -2.30. The summed E-state index contributed by atoms with van der Waals surface area (Å²) in [5.74, 6) is -0.849. The lowest BCUT2D eigenvalue weighted by Gasteiger charge is -2.27. The predicted octanol–water partition coefficient (Wildman–Crippen LogP) is 1.93. The first-order valence-corrected chi connectivity index (χ1v) is 12.1. The van der Waals surface area contributed by atoms with Crippen molar-refractivity contribution in [3.63, 3.8) is 0 Å². The Hall–Kier alpha value is -4.08. The summed E-state index contributed by atoms with van der Waals surface area (Å²) < 4.78 is 56.5. The number of benzene rings is 2. The highest BCUT2D eigenvalue weighted by molar-refractivity contribution is 5.93. The number of hydrogen-bond donors (Lipinski definition) is 2. The van der Waals surface area contributed by atoms with Gasteiger partial charge in [-0.05, 0) is 47.7 Å². The number of amides is 2. The molecule has 0 bridgehead atoms. The number of alkyl halides is 3. The van der Waals surface area contributed by atoms with Crippen molar-refractivity contribution in [2.75, 3.05) is 58.1 Å². The second kappa shape index (κ2) is 14.3. The zero-order chi connectivity index (χ0) is 29.1. The van der Waals surface area contributed by atoms with Crippen LogP contribution in [-0.2, 0) is 32.2 Å². The maximum Gasteiger partial charge on any atom is 0.416 e. The smallest absolute Gasteiger partial charge is 0.377 e. The molecule has 0 unspecified atom stereocenters. The number of ether oxygens (including phenoxy) is 3. The van der Waals surface area contributed by atoms with Gasteiger partial charge in [-0.3, -0.25) is 9.59 Å². The van der Waals surface area contributed by atoms with Crippen molar-refractivity contribution in [3.8, 4) is 11.4 Å². The fourth-order valence-electron chi connectivity index (χ4n) is 3.64. The molecule has 0 saturated carbocycles. The minimum absolute atomic E-state index is 0.00858. The molecule has 0 aliphatic rings. The van der Waals surface area contributed by atoms with Crippen molar-refractivity contribution in [2.45, 2.75) is 6.18 Å². The molecule has 0 fully saturated rings. The van der Waals surface area contributed by atoms with Gasteiger partial charge in [-0.2, -0.15) is 18.0 Å². The maximum absolute atomic E-state index is 13.6. The molecule has 0 aliphatic heterocycles. The number of aryl methyl sites for hydroxylation is 1. The summed E-state index contributed by atoms with van der Waals surface area (Å²) in [4.78, 5) is 25.8. The van der Waals surface area contributed by atoms with Gasteiger partial charge in [-0.25, -0.2) is 0 Å². The molecule has 12 nitrogen and oxygen atoms in total. The van der Waals surface area contributed by atoms with Crippen LogP contribution in [0.2, 0.25) is 0 Å². The number of tetrazole rings is 1. The third-order valence-electron chi connectivity index (χ3n) is 5.50. The number of hydrogen-bond acceptors (Lipinski definition) is 9. The number of rotatable bonds is 15. The van der Waals surface area contributed by atoms with Crippen LogP contribution in [-0.4, -0.2) is 85.3 Å². The van der Waals surface area contributed by atoms with Crippen LogP contribution < -0.4 is 16.0 Å². The lowest BCUT2D eigenvalue weighted by atomic mass is 10.1. The van der Waals surface area contributed by atoms with Crippen molar-refractivity contribution >= 4 is 23.2 Å². The molecule has 3 rings (SSSR count). The fourth-order valence-corrected chi connectivity index (χ4v) is 3.64. The van der Waals surface area contributed by atoms with Crippen LogP contribution in [0.25, 0.3) is 11.4 Å². The molecular weight excluding hydrogens is 535 g/mol. The molecule has 0 spiro atoms. The number of primary amides is 1. The number of aromatic nitrogens is 4. The van der Waals surface area contributed by atoms with E-state index in [0.717, 1.165) is 16.9 Å². The van der Waals surface area contributed by atoms with Crippen molar-refractivity contribution in [3.05, 3.63) is 53.6 Å². The second-order valence-electron chi connectivity index (χ2n) is 8.40. The van der Waals surface area contributed by atoms with Crippen molar-refractivity contribution in [2.24, 2.45) is 12.8 Å². The van der Waals surface area contributed by atoms with Gasteiger partial charge in [-0.1, -0.05) is 0 Å². The van der Waals surface area contributed by atoms with E-state index in [0.29, 0.717) is 17.9 Å². The van der Waals surface area contributed by atoms with Crippen LogP contribution in [0.4, 0.5) is 24.5 Å². The van der Waals surface area contributed by atoms with Gasteiger partial charge in [0.2, 0.25) is 17.6 Å². The van der Waals surface area contributed by atoms with Crippen LogP contribution in [0.5, 0.6) is 0 Å². The van der Waals surface area contributed by atoms with Gasteiger partial charge in [-0.15, -0.1) is 10.2 Å². The molecule has 15 heteroatoms. The highest BCUT2D eigenvalue weighted by atomic mass is 19.4. The van der Waals surface area contributed by atoms with Gasteiger partial charge in [0.1, 0.15) is 6.61 Å². The number of nitrogens with zero attached hydrogens (tertiary/aromatic N) is 5. The Bertz CT molecular complexity index is 1270. The molecule has 0 saturated heterocycles. The maximum atomic E-state index is 13.6. The van der Waals surface area contributed by atoms with E-state index in [9.17, 15) is 22.8 Å². The van der Waals surface area contributed by atoms with E-state index >= 15 is 0 Å². The topological polar surface area (TPSA) is 147 Å². The van der Waals surface area contributed by atoms with Crippen LogP contribution >= 0.6 is 0 Å². The molecule has 2 amide bonds. The summed E-state index contributed by atoms with van der Waals surface area (Å²) in [6.45, 7) is 1.50. The molecule has 1 aromatic heterocycles. The first-order chi connectivity index (χ1) is 19.1. The normalized spacial score (nSPS) is 11.4. The predicted molar refractivity (Wildman–Crippen MR) is 138 cm³/mol. The molecule has 216 valence electrons. The van der Waals surface area contributed by atoms with Gasteiger partial charge in [0.05, 0.1) is 44.7 Å². The summed E-state index contributed by atoms with van der Waals surface area (Å²) in [6, 6.07) is 9.58. The average molecular weight is 566 g/mol. The van der Waals surface area contributed by atoms with E-state index in [-0.39, 0.29) is 62.4 Å². The molecule has 0 radical (unpaired) electrons. The number of carbonyl (C=O) groups is 2. The molecule has 0 atom stereocenters. The standard InChI is InChI=1S/C25H30F3N7O5/c1-34-32-24(31-33-34)20-15-18(25(26,27)28)5-8-21(20)35(19-6-3-17(4-7-19)23(29)37)10-12-40-14-13-39-11-9-30-22(36)16-38-2/h3-8,15H,9-14,16H2,1-2H3,(H2,29,37)(H,30,36). The van der Waals surface area contributed by atoms with Crippen molar-refractivity contribution < 1.29 is 37.0 Å². The summed E-state index contributed by atoms with van der Waals surface area (Å²) in [5.41, 5.74) is 5.82. The van der Waals surface area contributed by atoms with Gasteiger partial charge >= 0.3 is 6.18 Å². The van der Waals surface area contributed by atoms with Gasteiger partial charge < -0.3 is 30.2 Å². The van der Waals surface area contributed by atoms with Crippen molar-refractivity contribution in [1.82, 2.24) is 25.5 Å². The summed E-state index contributed by atoms with van der Waals surface area (Å²) >= 11 is 0. The number of halogens is 3. The van der Waals surface area contributed by atoms with Crippen LogP contribution in [0.1, 0.15) is 15.9 Å². The van der Waals surface area contributed by atoms with Crippen LogP contribution in [0.3, 0.4) is 0 Å². The second-order valence-corrected chi connectivity index (χ2v) is 8.40. The number of methoxy groups -OCH3 is 1. The largest absolute Gasteiger partial charge is 0.416 e. The zero-order valence-corrected chi connectivity index (χ0v) is 22.0. The first kappa shape index (κ1) is 30.5. The van der Waals surface area contributed by atoms with Gasteiger partial charge in [0, 0.05) is 37.0 Å². The Labute approximate surface area is 228 Å². The van der Waals surface area contributed by atoms with E-state index in [1.54, 1.807) is 17.0 Å². The van der Waals surface area contributed by atoms with Crippen LogP contribution in [0.15, 0.2) is 42.5 Å². The molecule has 2 aromatic carbocycles. The molecule has 40 heavy (non-hydrogen) atoms. The Balaban J connectivity index is 1.75. The Kier molecular flexibility index (Phi) is 10.9. The number of anilines is 2. The number of nitrogens with one attached hydrogen (secondary N) is 1. The first-order valence-electron chi connectivity index (χ1n) is 12.1. The molecule has 0 aliphatic carbocycles. The van der Waals surface area contributed by atoms with E-state index < -0.39 is 17.6 Å². The Morgan fingerprint density at radius 2 is 1.75 bits per heavy atom. The third-order valence-corrected chi connectivity index (χ3v) is 5.50. The minimum atomic E-state index is -4.58. The zero-order valence-electron chi connectivity index (χ0n) is 22.0. The fraction of sp³-hybridized carbons (Fsp3) is 0.400. The third kappa shape index (κ3) is 8.72. The number of carbonyl (C=O) groups excluding carboxylic acids is 2. The van der Waals surface area contributed by atoms with Gasteiger partial charge in [0.25, 0.3) is 0 Å². The van der Waals surface area contributed by atoms with Crippen LogP contribution in [0, 0.1) is 0 Å². The van der Waals surface area contributed by atoms with E-state index in [1.807, 2.05) is 0 Å². The quantitative estimate of drug-likeness (QED) is 0.264. The van der Waals surface area contributed by atoms with Crippen molar-refractivity contribution in [1.29, 1.82) is 0 Å². The minimum Gasteiger partial charge on any atom is -0.377 e. The lowest BCUT2D eigenvalue weighted by molar-refractivity contribution is -0.137. The summed E-state index contributed by atoms with van der Waals surface area (Å²) in [7, 11) is 2.93. The summed E-state index contributed by atoms with van der Waals surface area (Å²) in [6.07, 6.45) is -4.58. The van der Waals surface area contributed by atoms with E-state index in [2.05, 4.69) is 20.7 Å². The van der Waals surface area contributed by atoms with E-state index in [4.69, 9.17) is 19.9 Å². The molecule has 3 N–H and O–H groups in total. The SMILES string of the molecule is COCC(=O)NCCOCCOCCN(c1ccc(C(N)=O)cc1)c1ccc(C(F)(F)F)cc1-c1nnn(C)n1. The highest BCUT2D eigenvalue weighted by Crippen LogP contribution is 2.38. The molecular formula is C25H30F3N7O5. The van der Waals surface area contributed by atoms with Gasteiger partial charge in [0.15, 0.2) is 0 Å². The highest BCUT2D eigenvalue weighted by Gasteiger charge is 2.32.